The van der Waals surface area contributed by atoms with E-state index < -0.39 is 5.97 Å². The van der Waals surface area contributed by atoms with Crippen LogP contribution in [-0.2, 0) is 16.0 Å². The number of hydrogen-bond donors (Lipinski definition) is 0. The Morgan fingerprint density at radius 3 is 2.47 bits per heavy atom. The molecular weight excluding hydrogens is 386 g/mol. The van der Waals surface area contributed by atoms with Gasteiger partial charge in [0.2, 0.25) is 5.76 Å². The summed E-state index contributed by atoms with van der Waals surface area (Å²) in [6.45, 7) is 1.91. The summed E-state index contributed by atoms with van der Waals surface area (Å²) in [6.07, 6.45) is 0.624. The molecule has 0 fully saturated rings. The molecule has 0 spiro atoms. The maximum Gasteiger partial charge on any atom is 0.375 e. The van der Waals surface area contributed by atoms with Crippen molar-refractivity contribution >= 4 is 22.8 Å². The fraction of sp³-hybridized carbons (Fsp3) is 0.304. The lowest BCUT2D eigenvalue weighted by molar-refractivity contribution is -0.133. The van der Waals surface area contributed by atoms with E-state index in [1.54, 1.807) is 34.3 Å². The van der Waals surface area contributed by atoms with Crippen LogP contribution in [-0.4, -0.2) is 51.2 Å². The summed E-state index contributed by atoms with van der Waals surface area (Å²) in [5.74, 6) is 0.470. The Kier molecular flexibility index (Phi) is 6.61. The van der Waals surface area contributed by atoms with Gasteiger partial charge in [-0.2, -0.15) is 0 Å². The largest absolute Gasteiger partial charge is 0.493 e. The van der Waals surface area contributed by atoms with Gasteiger partial charge in [0.25, 0.3) is 5.91 Å². The number of nitrogens with zero attached hydrogens (tertiary/aromatic N) is 1. The van der Waals surface area contributed by atoms with Gasteiger partial charge in [-0.3, -0.25) is 4.79 Å². The van der Waals surface area contributed by atoms with Crippen molar-refractivity contribution < 1.29 is 28.2 Å². The number of esters is 1. The highest BCUT2D eigenvalue weighted by atomic mass is 16.5. The van der Waals surface area contributed by atoms with Crippen molar-refractivity contribution in [1.29, 1.82) is 0 Å². The summed E-state index contributed by atoms with van der Waals surface area (Å²) >= 11 is 0. The van der Waals surface area contributed by atoms with Crippen molar-refractivity contribution in [3.8, 4) is 11.5 Å². The molecule has 30 heavy (non-hydrogen) atoms. The Labute approximate surface area is 175 Å². The second-order valence-electron chi connectivity index (χ2n) is 6.88. The Bertz CT molecular complexity index is 1060. The van der Waals surface area contributed by atoms with Gasteiger partial charge >= 0.3 is 5.97 Å². The first kappa shape index (κ1) is 21.2. The van der Waals surface area contributed by atoms with Crippen molar-refractivity contribution in [2.24, 2.45) is 0 Å². The predicted octanol–water partition coefficient (Wildman–Crippen LogP) is 3.62. The lowest BCUT2D eigenvalue weighted by Crippen LogP contribution is -2.32. The Morgan fingerprint density at radius 2 is 1.77 bits per heavy atom. The minimum Gasteiger partial charge on any atom is -0.493 e. The summed E-state index contributed by atoms with van der Waals surface area (Å²) in [7, 11) is 4.83. The van der Waals surface area contributed by atoms with E-state index in [1.165, 1.54) is 4.90 Å². The normalized spacial score (nSPS) is 10.7. The van der Waals surface area contributed by atoms with Crippen molar-refractivity contribution in [1.82, 2.24) is 4.90 Å². The lowest BCUT2D eigenvalue weighted by atomic mass is 10.1. The monoisotopic (exact) mass is 411 g/mol. The summed E-state index contributed by atoms with van der Waals surface area (Å²) in [6, 6.07) is 13.0. The zero-order valence-corrected chi connectivity index (χ0v) is 17.6. The number of amides is 1. The zero-order valence-electron chi connectivity index (χ0n) is 17.6. The van der Waals surface area contributed by atoms with Crippen LogP contribution in [0.3, 0.4) is 0 Å². The maximum atomic E-state index is 12.4. The molecule has 0 saturated carbocycles. The van der Waals surface area contributed by atoms with E-state index in [9.17, 15) is 9.59 Å². The zero-order chi connectivity index (χ0) is 21.7. The number of carbonyl (C=O) groups is 2. The average molecular weight is 411 g/mol. The maximum absolute atomic E-state index is 12.4. The summed E-state index contributed by atoms with van der Waals surface area (Å²) < 4.78 is 21.3. The smallest absolute Gasteiger partial charge is 0.375 e. The fourth-order valence-corrected chi connectivity index (χ4v) is 3.13. The van der Waals surface area contributed by atoms with Crippen molar-refractivity contribution in [3.05, 3.63) is 59.4 Å². The molecule has 0 atom stereocenters. The number of benzene rings is 2. The van der Waals surface area contributed by atoms with Crippen LogP contribution in [0.25, 0.3) is 11.0 Å². The first-order chi connectivity index (χ1) is 14.4. The number of carbonyl (C=O) groups excluding carboxylic acids is 2. The SMILES string of the molecule is COc1ccc(CCN(C)C(=O)COC(=O)c2oc3ccccc3c2C)cc1OC. The third-order valence-electron chi connectivity index (χ3n) is 4.97. The van der Waals surface area contributed by atoms with Crippen LogP contribution in [0.2, 0.25) is 0 Å². The molecule has 158 valence electrons. The summed E-state index contributed by atoms with van der Waals surface area (Å²) in [5.41, 5.74) is 2.31. The lowest BCUT2D eigenvalue weighted by Gasteiger charge is -2.17. The topological polar surface area (TPSA) is 78.2 Å². The molecule has 0 saturated heterocycles. The minimum atomic E-state index is -0.648. The Hall–Kier alpha value is -3.48. The van der Waals surface area contributed by atoms with Gasteiger partial charge < -0.3 is 23.5 Å². The quantitative estimate of drug-likeness (QED) is 0.527. The molecule has 3 aromatic rings. The van der Waals surface area contributed by atoms with E-state index in [0.717, 1.165) is 10.9 Å². The first-order valence-corrected chi connectivity index (χ1v) is 9.54. The number of methoxy groups -OCH3 is 2. The van der Waals surface area contributed by atoms with E-state index in [0.29, 0.717) is 35.6 Å². The third kappa shape index (κ3) is 4.56. The number of hydrogen-bond acceptors (Lipinski definition) is 6. The van der Waals surface area contributed by atoms with E-state index in [2.05, 4.69) is 0 Å². The molecule has 0 radical (unpaired) electrons. The van der Waals surface area contributed by atoms with Crippen LogP contribution in [0, 0.1) is 6.92 Å². The minimum absolute atomic E-state index is 0.122. The van der Waals surface area contributed by atoms with Crippen LogP contribution in [0.15, 0.2) is 46.9 Å². The molecule has 1 aromatic heterocycles. The third-order valence-corrected chi connectivity index (χ3v) is 4.97. The van der Waals surface area contributed by atoms with E-state index in [-0.39, 0.29) is 18.3 Å². The molecular formula is C23H25NO6. The van der Waals surface area contributed by atoms with Crippen LogP contribution in [0.5, 0.6) is 11.5 Å². The summed E-state index contributed by atoms with van der Waals surface area (Å²) in [5, 5.41) is 0.850. The Morgan fingerprint density at radius 1 is 1.03 bits per heavy atom. The molecule has 0 unspecified atom stereocenters. The first-order valence-electron chi connectivity index (χ1n) is 9.54. The number of likely N-dealkylation sites (N-methyl/N-ethyl adjacent to an activating group) is 1. The molecule has 0 aliphatic rings. The molecule has 1 heterocycles. The number of ether oxygens (including phenoxy) is 3. The van der Waals surface area contributed by atoms with E-state index in [4.69, 9.17) is 18.6 Å². The second-order valence-corrected chi connectivity index (χ2v) is 6.88. The van der Waals surface area contributed by atoms with Crippen LogP contribution >= 0.6 is 0 Å². The number of furan rings is 1. The fourth-order valence-electron chi connectivity index (χ4n) is 3.13. The number of para-hydroxylation sites is 1. The summed E-state index contributed by atoms with van der Waals surface area (Å²) in [4.78, 5) is 26.2. The van der Waals surface area contributed by atoms with Crippen molar-refractivity contribution in [3.63, 3.8) is 0 Å². The van der Waals surface area contributed by atoms with Crippen LogP contribution in [0.1, 0.15) is 21.7 Å². The van der Waals surface area contributed by atoms with Gasteiger partial charge in [-0.25, -0.2) is 4.79 Å². The molecule has 0 aliphatic carbocycles. The average Bonchev–Trinajstić information content (AvgIpc) is 3.12. The molecule has 0 bridgehead atoms. The van der Waals surface area contributed by atoms with Gasteiger partial charge in [0.15, 0.2) is 18.1 Å². The van der Waals surface area contributed by atoms with Gasteiger partial charge in [0.1, 0.15) is 5.58 Å². The number of aryl methyl sites for hydroxylation is 1. The molecule has 3 rings (SSSR count). The Balaban J connectivity index is 1.54. The van der Waals surface area contributed by atoms with Gasteiger partial charge in [-0.05, 0) is 37.1 Å². The van der Waals surface area contributed by atoms with Gasteiger partial charge in [-0.15, -0.1) is 0 Å². The molecule has 0 aliphatic heterocycles. The van der Waals surface area contributed by atoms with Crippen molar-refractivity contribution in [2.45, 2.75) is 13.3 Å². The molecule has 0 N–H and O–H groups in total. The van der Waals surface area contributed by atoms with Crippen LogP contribution in [0.4, 0.5) is 0 Å². The standard InChI is InChI=1S/C23H25NO6/c1-15-17-7-5-6-8-18(17)30-22(15)23(26)29-14-21(25)24(2)12-11-16-9-10-19(27-3)20(13-16)28-4/h5-10,13H,11-12,14H2,1-4H3. The van der Waals surface area contributed by atoms with Crippen LogP contribution < -0.4 is 9.47 Å². The second kappa shape index (κ2) is 9.35. The molecule has 7 heteroatoms. The number of rotatable bonds is 8. The number of fused-ring (bicyclic) bond motifs is 1. The van der Waals surface area contributed by atoms with Crippen molar-refractivity contribution in [2.75, 3.05) is 34.4 Å². The van der Waals surface area contributed by atoms with E-state index in [1.807, 2.05) is 36.4 Å². The predicted molar refractivity (Wildman–Crippen MR) is 112 cm³/mol. The molecule has 2 aromatic carbocycles. The highest BCUT2D eigenvalue weighted by Gasteiger charge is 2.20. The van der Waals surface area contributed by atoms with Gasteiger partial charge in [-0.1, -0.05) is 24.3 Å². The van der Waals surface area contributed by atoms with Gasteiger partial charge in [0, 0.05) is 24.5 Å². The molecule has 7 nitrogen and oxygen atoms in total. The van der Waals surface area contributed by atoms with Gasteiger partial charge in [0.05, 0.1) is 14.2 Å². The van der Waals surface area contributed by atoms with E-state index >= 15 is 0 Å². The highest BCUT2D eigenvalue weighted by molar-refractivity contribution is 5.96. The molecule has 1 amide bonds. The highest BCUT2D eigenvalue weighted by Crippen LogP contribution is 2.28.